The van der Waals surface area contributed by atoms with Gasteiger partial charge in [0.25, 0.3) is 0 Å². The van der Waals surface area contributed by atoms with Crippen LogP contribution >= 0.6 is 0 Å². The first-order chi connectivity index (χ1) is 7.76. The van der Waals surface area contributed by atoms with Gasteiger partial charge in [0.1, 0.15) is 11.3 Å². The van der Waals surface area contributed by atoms with Gasteiger partial charge in [-0.3, -0.25) is 0 Å². The van der Waals surface area contributed by atoms with Gasteiger partial charge in [-0.15, -0.1) is 0 Å². The summed E-state index contributed by atoms with van der Waals surface area (Å²) >= 11 is 0. The highest BCUT2D eigenvalue weighted by Crippen LogP contribution is 2.22. The first-order valence-corrected chi connectivity index (χ1v) is 4.81. The summed E-state index contributed by atoms with van der Waals surface area (Å²) in [5, 5.41) is 24.0. The molecule has 0 fully saturated rings. The molecule has 5 heteroatoms. The number of pyridine rings is 1. The molecule has 5 nitrogen and oxygen atoms in total. The third-order valence-corrected chi connectivity index (χ3v) is 2.27. The molecule has 3 N–H and O–H groups in total. The van der Waals surface area contributed by atoms with Crippen LogP contribution in [0.25, 0.3) is 11.1 Å². The fourth-order valence-corrected chi connectivity index (χ4v) is 1.53. The number of aromatic nitrogens is 2. The summed E-state index contributed by atoms with van der Waals surface area (Å²) in [5.74, 6) is 0.152. The summed E-state index contributed by atoms with van der Waals surface area (Å²) in [6, 6.07) is 3.34. The zero-order valence-electron chi connectivity index (χ0n) is 8.81. The fourth-order valence-electron chi connectivity index (χ4n) is 1.53. The average Bonchev–Trinajstić information content (AvgIpc) is 2.74. The summed E-state index contributed by atoms with van der Waals surface area (Å²) < 4.78 is 1.58. The molecule has 0 unspecified atom stereocenters. The van der Waals surface area contributed by atoms with Gasteiger partial charge in [-0.25, -0.2) is 4.52 Å². The molecule has 0 aliphatic heterocycles. The Labute approximate surface area is 92.5 Å². The minimum Gasteiger partial charge on any atom is -0.506 e. The molecule has 82 valence electrons. The van der Waals surface area contributed by atoms with Crippen molar-refractivity contribution in [3.63, 3.8) is 0 Å². The van der Waals surface area contributed by atoms with E-state index in [2.05, 4.69) is 10.4 Å². The van der Waals surface area contributed by atoms with Crippen LogP contribution in [-0.4, -0.2) is 28.0 Å². The lowest BCUT2D eigenvalue weighted by atomic mass is 10.1. The van der Waals surface area contributed by atoms with E-state index in [1.165, 1.54) is 6.21 Å². The zero-order chi connectivity index (χ0) is 11.5. The van der Waals surface area contributed by atoms with Crippen molar-refractivity contribution in [1.29, 1.82) is 5.41 Å². The molecule has 2 rings (SSSR count). The Kier molecular flexibility index (Phi) is 2.59. The van der Waals surface area contributed by atoms with Crippen LogP contribution < -0.4 is 5.32 Å². The molecule has 0 amide bonds. The van der Waals surface area contributed by atoms with Crippen LogP contribution in [0.3, 0.4) is 0 Å². The quantitative estimate of drug-likeness (QED) is 0.676. The average molecular weight is 216 g/mol. The number of allylic oxidation sites excluding steroid dienone is 1. The van der Waals surface area contributed by atoms with E-state index in [0.717, 1.165) is 5.56 Å². The Bertz CT molecular complexity index is 556. The van der Waals surface area contributed by atoms with Crippen molar-refractivity contribution in [2.24, 2.45) is 0 Å². The monoisotopic (exact) mass is 216 g/mol. The van der Waals surface area contributed by atoms with E-state index in [-0.39, 0.29) is 5.75 Å². The van der Waals surface area contributed by atoms with E-state index in [0.29, 0.717) is 11.1 Å². The van der Waals surface area contributed by atoms with E-state index in [1.54, 1.807) is 42.3 Å². The van der Waals surface area contributed by atoms with E-state index >= 15 is 0 Å². The second-order valence-corrected chi connectivity index (χ2v) is 3.31. The van der Waals surface area contributed by atoms with E-state index < -0.39 is 0 Å². The molecular weight excluding hydrogens is 204 g/mol. The number of nitrogens with one attached hydrogen (secondary N) is 2. The first-order valence-electron chi connectivity index (χ1n) is 4.81. The predicted octanol–water partition coefficient (Wildman–Crippen LogP) is 1.25. The second-order valence-electron chi connectivity index (χ2n) is 3.31. The van der Waals surface area contributed by atoms with Crippen LogP contribution in [0.2, 0.25) is 0 Å². The van der Waals surface area contributed by atoms with Crippen LogP contribution in [0, 0.1) is 5.41 Å². The number of fused-ring (bicyclic) bond motifs is 1. The molecule has 16 heavy (non-hydrogen) atoms. The molecule has 0 aliphatic rings. The number of rotatable bonds is 3. The Morgan fingerprint density at radius 3 is 3.12 bits per heavy atom. The fraction of sp³-hybridized carbons (Fsp3) is 0.0909. The van der Waals surface area contributed by atoms with Gasteiger partial charge in [-0.1, -0.05) is 0 Å². The lowest BCUT2D eigenvalue weighted by Gasteiger charge is -2.04. The van der Waals surface area contributed by atoms with Crippen molar-refractivity contribution in [3.8, 4) is 5.75 Å². The van der Waals surface area contributed by atoms with Gasteiger partial charge in [-0.05, 0) is 12.1 Å². The highest BCUT2D eigenvalue weighted by molar-refractivity contribution is 6.08. The van der Waals surface area contributed by atoms with Crippen LogP contribution in [-0.2, 0) is 0 Å². The van der Waals surface area contributed by atoms with Gasteiger partial charge in [0.15, 0.2) is 0 Å². The largest absolute Gasteiger partial charge is 0.506 e. The lowest BCUT2D eigenvalue weighted by Crippen LogP contribution is -1.99. The second kappa shape index (κ2) is 4.06. The van der Waals surface area contributed by atoms with Crippen LogP contribution in [0.4, 0.5) is 0 Å². The Morgan fingerprint density at radius 1 is 1.62 bits per heavy atom. The minimum absolute atomic E-state index is 0.152. The number of aromatic hydroxyl groups is 1. The van der Waals surface area contributed by atoms with Crippen molar-refractivity contribution < 1.29 is 5.11 Å². The lowest BCUT2D eigenvalue weighted by molar-refractivity contribution is 0.478. The first kappa shape index (κ1) is 10.2. The third-order valence-electron chi connectivity index (χ3n) is 2.27. The molecule has 0 spiro atoms. The smallest absolute Gasteiger partial charge is 0.141 e. The van der Waals surface area contributed by atoms with Crippen molar-refractivity contribution in [2.45, 2.75) is 0 Å². The summed E-state index contributed by atoms with van der Waals surface area (Å²) in [4.78, 5) is 0. The summed E-state index contributed by atoms with van der Waals surface area (Å²) in [6.45, 7) is 0. The molecule has 2 heterocycles. The predicted molar refractivity (Wildman–Crippen MR) is 62.7 cm³/mol. The van der Waals surface area contributed by atoms with Gasteiger partial charge >= 0.3 is 0 Å². The number of nitrogens with zero attached hydrogens (tertiary/aromatic N) is 2. The van der Waals surface area contributed by atoms with Crippen LogP contribution in [0.1, 0.15) is 5.56 Å². The van der Waals surface area contributed by atoms with Gasteiger partial charge in [0.05, 0.1) is 6.20 Å². The maximum Gasteiger partial charge on any atom is 0.141 e. The minimum atomic E-state index is 0.152. The summed E-state index contributed by atoms with van der Waals surface area (Å²) in [5.41, 5.74) is 2.06. The van der Waals surface area contributed by atoms with Crippen molar-refractivity contribution in [1.82, 2.24) is 14.9 Å². The van der Waals surface area contributed by atoms with E-state index in [1.807, 2.05) is 0 Å². The molecule has 0 radical (unpaired) electrons. The van der Waals surface area contributed by atoms with Crippen molar-refractivity contribution in [3.05, 3.63) is 36.3 Å². The Morgan fingerprint density at radius 2 is 2.44 bits per heavy atom. The summed E-state index contributed by atoms with van der Waals surface area (Å²) in [7, 11) is 1.76. The van der Waals surface area contributed by atoms with Gasteiger partial charge in [0.2, 0.25) is 0 Å². The van der Waals surface area contributed by atoms with E-state index in [9.17, 15) is 5.11 Å². The molecule has 0 saturated carbocycles. The molecular formula is C11H12N4O. The molecule has 2 aromatic heterocycles. The molecule has 0 bridgehead atoms. The molecule has 0 atom stereocenters. The maximum atomic E-state index is 9.77. The number of hydrogen-bond donors (Lipinski definition) is 3. The highest BCUT2D eigenvalue weighted by atomic mass is 16.3. The number of hydrogen-bond acceptors (Lipinski definition) is 4. The Hall–Kier alpha value is -2.30. The topological polar surface area (TPSA) is 73.4 Å². The Balaban J connectivity index is 2.60. The molecule has 0 saturated heterocycles. The normalized spacial score (nSPS) is 11.7. The standard InChI is InChI=1S/C11H12N4O/c1-13-6-9(5-12)8-4-11(16)10-2-3-14-15(10)7-8/h2-7,12-13,16H,1H3/b9-6+,12-5?. The zero-order valence-corrected chi connectivity index (χ0v) is 8.81. The molecule has 2 aromatic rings. The SMILES string of the molecule is CN/C=C(\C=N)c1cc(O)c2ccnn2c1. The van der Waals surface area contributed by atoms with Crippen molar-refractivity contribution >= 4 is 17.3 Å². The van der Waals surface area contributed by atoms with Gasteiger partial charge in [-0.2, -0.15) is 5.10 Å². The molecule has 0 aromatic carbocycles. The third kappa shape index (κ3) is 1.63. The highest BCUT2D eigenvalue weighted by Gasteiger charge is 2.05. The van der Waals surface area contributed by atoms with Crippen LogP contribution in [0.5, 0.6) is 5.75 Å². The van der Waals surface area contributed by atoms with Crippen LogP contribution in [0.15, 0.2) is 30.7 Å². The maximum absolute atomic E-state index is 9.77. The summed E-state index contributed by atoms with van der Waals surface area (Å²) in [6.07, 6.45) is 6.30. The van der Waals surface area contributed by atoms with Gasteiger partial charge < -0.3 is 15.8 Å². The van der Waals surface area contributed by atoms with E-state index in [4.69, 9.17) is 5.41 Å². The van der Waals surface area contributed by atoms with Crippen molar-refractivity contribution in [2.75, 3.05) is 7.05 Å². The molecule has 0 aliphatic carbocycles. The van der Waals surface area contributed by atoms with Gasteiger partial charge in [0, 0.05) is 36.8 Å².